The Morgan fingerprint density at radius 2 is 2.04 bits per heavy atom. The Hall–Kier alpha value is -2.19. The molecule has 3 saturated heterocycles. The predicted molar refractivity (Wildman–Crippen MR) is 112 cm³/mol. The third kappa shape index (κ3) is 4.28. The van der Waals surface area contributed by atoms with Crippen LogP contribution in [0, 0.1) is 5.92 Å². The first-order valence-corrected chi connectivity index (χ1v) is 10.6. The summed E-state index contributed by atoms with van der Waals surface area (Å²) in [6.07, 6.45) is 2.41. The van der Waals surface area contributed by atoms with Gasteiger partial charge >= 0.3 is 0 Å². The lowest BCUT2D eigenvalue weighted by Crippen LogP contribution is -2.57. The molecule has 1 amide bonds. The molecule has 1 aromatic heterocycles. The Morgan fingerprint density at radius 3 is 2.61 bits per heavy atom. The first kappa shape index (κ1) is 20.5. The van der Waals surface area contributed by atoms with Crippen LogP contribution in [-0.2, 0) is 4.79 Å². The summed E-state index contributed by atoms with van der Waals surface area (Å²) in [5.41, 5.74) is 1.75. The van der Waals surface area contributed by atoms with Gasteiger partial charge in [0.25, 0.3) is 12.4 Å². The molecule has 0 spiro atoms. The molecule has 2 N–H and O–H groups in total. The summed E-state index contributed by atoms with van der Waals surface area (Å²) < 4.78 is 5.55. The Balaban J connectivity index is 0.000000706. The van der Waals surface area contributed by atoms with Crippen molar-refractivity contribution >= 4 is 39.7 Å². The third-order valence-corrected chi connectivity index (χ3v) is 6.60. The number of aromatic nitrogens is 1. The lowest BCUT2D eigenvalue weighted by atomic mass is 9.84. The molecule has 3 fully saturated rings. The fourth-order valence-electron chi connectivity index (χ4n) is 4.24. The Labute approximate surface area is 169 Å². The van der Waals surface area contributed by atoms with E-state index in [0.717, 1.165) is 35.4 Å². The van der Waals surface area contributed by atoms with Crippen molar-refractivity contribution in [3.05, 3.63) is 23.9 Å². The lowest BCUT2D eigenvalue weighted by molar-refractivity contribution is -0.122. The zero-order valence-corrected chi connectivity index (χ0v) is 17.2. The summed E-state index contributed by atoms with van der Waals surface area (Å²) in [6, 6.07) is 6.61. The molecule has 3 aliphatic heterocycles. The number of carbonyl (C=O) groups is 2. The standard InChI is InChI=1S/C19H26N4OS.CH2O2/c1-3-23(4-2)14-5-6-17-15(11-14)18(21-25-17)19(24)20-16-12-22-9-7-13(16)8-10-22;2-1-3/h5-6,11,13,16H,3-4,7-10,12H2,1-2H3,(H,20,24);1H,(H,2,3)/t16-;/m1./s1. The molecule has 5 rings (SSSR count). The van der Waals surface area contributed by atoms with E-state index in [-0.39, 0.29) is 18.4 Å². The van der Waals surface area contributed by atoms with Crippen molar-refractivity contribution in [2.75, 3.05) is 37.6 Å². The van der Waals surface area contributed by atoms with Gasteiger partial charge in [-0.2, -0.15) is 4.37 Å². The van der Waals surface area contributed by atoms with Crippen molar-refractivity contribution < 1.29 is 14.7 Å². The number of piperidine rings is 3. The van der Waals surface area contributed by atoms with Crippen molar-refractivity contribution in [3.8, 4) is 0 Å². The molecule has 7 nitrogen and oxygen atoms in total. The molecule has 0 saturated carbocycles. The molecule has 152 valence electrons. The summed E-state index contributed by atoms with van der Waals surface area (Å²) in [5, 5.41) is 11.1. The minimum atomic E-state index is -0.250. The van der Waals surface area contributed by atoms with E-state index >= 15 is 0 Å². The smallest absolute Gasteiger partial charge is 0.290 e. The van der Waals surface area contributed by atoms with Crippen LogP contribution in [0.1, 0.15) is 37.2 Å². The molecular weight excluding hydrogens is 376 g/mol. The SMILES string of the molecule is CCN(CC)c1ccc2snc(C(=O)N[C@@H]3CN4CCC3CC4)c2c1.O=CO. The van der Waals surface area contributed by atoms with Crippen LogP contribution >= 0.6 is 11.5 Å². The van der Waals surface area contributed by atoms with Gasteiger partial charge in [0.05, 0.1) is 4.70 Å². The fraction of sp³-hybridized carbons (Fsp3) is 0.550. The van der Waals surface area contributed by atoms with Crippen LogP contribution in [0.4, 0.5) is 5.69 Å². The highest BCUT2D eigenvalue weighted by Gasteiger charge is 2.35. The van der Waals surface area contributed by atoms with Crippen LogP contribution in [-0.4, -0.2) is 65.5 Å². The van der Waals surface area contributed by atoms with E-state index < -0.39 is 0 Å². The highest BCUT2D eigenvalue weighted by Crippen LogP contribution is 2.30. The fourth-order valence-corrected chi connectivity index (χ4v) is 4.99. The molecule has 2 aromatic rings. The van der Waals surface area contributed by atoms with Crippen molar-refractivity contribution in [2.45, 2.75) is 32.7 Å². The normalized spacial score (nSPS) is 23.0. The Morgan fingerprint density at radius 1 is 1.36 bits per heavy atom. The molecule has 3 aliphatic rings. The number of carboxylic acid groups (broad SMARTS) is 1. The van der Waals surface area contributed by atoms with Crippen molar-refractivity contribution in [2.24, 2.45) is 5.92 Å². The number of nitrogens with zero attached hydrogens (tertiary/aromatic N) is 3. The average Bonchev–Trinajstić information content (AvgIpc) is 3.14. The van der Waals surface area contributed by atoms with Gasteiger partial charge in [0.2, 0.25) is 0 Å². The van der Waals surface area contributed by atoms with E-state index in [0.29, 0.717) is 11.6 Å². The van der Waals surface area contributed by atoms with Crippen molar-refractivity contribution in [1.82, 2.24) is 14.6 Å². The van der Waals surface area contributed by atoms with E-state index in [1.807, 2.05) is 0 Å². The second kappa shape index (κ2) is 9.34. The highest BCUT2D eigenvalue weighted by molar-refractivity contribution is 7.13. The number of nitrogens with one attached hydrogen (secondary N) is 1. The zero-order valence-electron chi connectivity index (χ0n) is 16.4. The van der Waals surface area contributed by atoms with E-state index in [9.17, 15) is 4.79 Å². The minimum absolute atomic E-state index is 0.0123. The molecule has 0 unspecified atom stereocenters. The quantitative estimate of drug-likeness (QED) is 0.745. The highest BCUT2D eigenvalue weighted by atomic mass is 32.1. The summed E-state index contributed by atoms with van der Waals surface area (Å²) in [6.45, 7) is 9.33. The number of carbonyl (C=O) groups excluding carboxylic acids is 1. The number of hydrogen-bond acceptors (Lipinski definition) is 6. The van der Waals surface area contributed by atoms with Crippen LogP contribution in [0.15, 0.2) is 18.2 Å². The van der Waals surface area contributed by atoms with E-state index in [1.165, 1.54) is 37.5 Å². The molecule has 28 heavy (non-hydrogen) atoms. The molecular formula is C20H28N4O3S. The van der Waals surface area contributed by atoms with Crippen LogP contribution in [0.2, 0.25) is 0 Å². The topological polar surface area (TPSA) is 85.8 Å². The first-order chi connectivity index (χ1) is 13.6. The van der Waals surface area contributed by atoms with Crippen molar-refractivity contribution in [1.29, 1.82) is 0 Å². The van der Waals surface area contributed by atoms with Gasteiger partial charge in [-0.15, -0.1) is 0 Å². The number of anilines is 1. The number of rotatable bonds is 5. The van der Waals surface area contributed by atoms with Crippen LogP contribution in [0.5, 0.6) is 0 Å². The molecule has 8 heteroatoms. The summed E-state index contributed by atoms with van der Waals surface area (Å²) >= 11 is 1.42. The monoisotopic (exact) mass is 404 g/mol. The number of amides is 1. The van der Waals surface area contributed by atoms with Crippen LogP contribution < -0.4 is 10.2 Å². The Bertz CT molecular complexity index is 813. The zero-order chi connectivity index (χ0) is 20.1. The van der Waals surface area contributed by atoms with Gasteiger partial charge in [0.15, 0.2) is 0 Å². The van der Waals surface area contributed by atoms with E-state index in [2.05, 4.69) is 51.5 Å². The summed E-state index contributed by atoms with van der Waals surface area (Å²) in [4.78, 5) is 26.0. The predicted octanol–water partition coefficient (Wildman–Crippen LogP) is 2.67. The second-order valence-electron chi connectivity index (χ2n) is 7.21. The molecule has 0 radical (unpaired) electrons. The molecule has 1 atom stereocenters. The van der Waals surface area contributed by atoms with Gasteiger partial charge in [-0.1, -0.05) is 0 Å². The van der Waals surface area contributed by atoms with E-state index in [1.54, 1.807) is 0 Å². The first-order valence-electron chi connectivity index (χ1n) is 9.86. The number of fused-ring (bicyclic) bond motifs is 4. The van der Waals surface area contributed by atoms with Gasteiger partial charge in [-0.3, -0.25) is 9.59 Å². The van der Waals surface area contributed by atoms with Gasteiger partial charge in [0.1, 0.15) is 5.69 Å². The molecule has 1 aromatic carbocycles. The van der Waals surface area contributed by atoms with Gasteiger partial charge in [-0.05, 0) is 75.4 Å². The number of benzene rings is 1. The molecule has 4 heterocycles. The summed E-state index contributed by atoms with van der Waals surface area (Å²) in [5.74, 6) is 0.617. The average molecular weight is 405 g/mol. The van der Waals surface area contributed by atoms with Gasteiger partial charge < -0.3 is 20.2 Å². The summed E-state index contributed by atoms with van der Waals surface area (Å²) in [7, 11) is 0. The number of hydrogen-bond donors (Lipinski definition) is 2. The maximum absolute atomic E-state index is 12.9. The Kier molecular flexibility index (Phi) is 6.85. The molecule has 0 aliphatic carbocycles. The minimum Gasteiger partial charge on any atom is -0.483 e. The van der Waals surface area contributed by atoms with Gasteiger partial charge in [-0.25, -0.2) is 0 Å². The largest absolute Gasteiger partial charge is 0.483 e. The third-order valence-electron chi connectivity index (χ3n) is 5.77. The molecule has 2 bridgehead atoms. The van der Waals surface area contributed by atoms with Crippen molar-refractivity contribution in [3.63, 3.8) is 0 Å². The maximum atomic E-state index is 12.9. The van der Waals surface area contributed by atoms with Gasteiger partial charge in [0, 0.05) is 36.7 Å². The van der Waals surface area contributed by atoms with Crippen LogP contribution in [0.25, 0.3) is 10.1 Å². The van der Waals surface area contributed by atoms with Crippen LogP contribution in [0.3, 0.4) is 0 Å². The lowest BCUT2D eigenvalue weighted by Gasteiger charge is -2.44. The van der Waals surface area contributed by atoms with E-state index in [4.69, 9.17) is 9.90 Å². The maximum Gasteiger partial charge on any atom is 0.290 e. The second-order valence-corrected chi connectivity index (χ2v) is 8.01.